The Balaban J connectivity index is 1.52. The molecule has 0 saturated carbocycles. The number of ether oxygens (including phenoxy) is 2. The molecule has 0 fully saturated rings. The molecular formula is C18H24N4O3. The van der Waals surface area contributed by atoms with E-state index in [1.54, 1.807) is 17.4 Å². The Labute approximate surface area is 147 Å². The second-order valence-corrected chi connectivity index (χ2v) is 6.15. The fraction of sp³-hybridized carbons (Fsp3) is 0.444. The Kier molecular flexibility index (Phi) is 5.42. The van der Waals surface area contributed by atoms with Gasteiger partial charge in [0.15, 0.2) is 17.6 Å². The second kappa shape index (κ2) is 7.92. The number of hydrogen-bond acceptors (Lipinski definition) is 4. The predicted molar refractivity (Wildman–Crippen MR) is 93.8 cm³/mol. The standard InChI is InChI=1S/C18H24N4O3/c1-3-22(18(23)20-14(2)10-21-9-8-19-13-21)11-15-12-24-16-6-4-5-7-17(16)25-15/h4-9,13-15H,3,10-12H2,1-2H3,(H,20,23)/t14-,15-/m1/s1. The number of imidazole rings is 1. The van der Waals surface area contributed by atoms with Crippen LogP contribution in [0.1, 0.15) is 13.8 Å². The van der Waals surface area contributed by atoms with Gasteiger partial charge in [0.2, 0.25) is 0 Å². The lowest BCUT2D eigenvalue weighted by atomic mass is 10.2. The van der Waals surface area contributed by atoms with Crippen molar-refractivity contribution in [3.63, 3.8) is 0 Å². The third kappa shape index (κ3) is 4.43. The van der Waals surface area contributed by atoms with Gasteiger partial charge >= 0.3 is 6.03 Å². The summed E-state index contributed by atoms with van der Waals surface area (Å²) in [4.78, 5) is 18.3. The highest BCUT2D eigenvalue weighted by atomic mass is 16.6. The first-order valence-electron chi connectivity index (χ1n) is 8.55. The molecule has 0 bridgehead atoms. The lowest BCUT2D eigenvalue weighted by Crippen LogP contribution is -2.49. The van der Waals surface area contributed by atoms with Crippen LogP contribution >= 0.6 is 0 Å². The number of nitrogens with one attached hydrogen (secondary N) is 1. The minimum atomic E-state index is -0.176. The molecule has 134 valence electrons. The maximum atomic E-state index is 12.5. The SMILES string of the molecule is CCN(C[C@@H]1COc2ccccc2O1)C(=O)N[C@H](C)Cn1ccnc1. The number of nitrogens with zero attached hydrogens (tertiary/aromatic N) is 3. The van der Waals surface area contributed by atoms with Gasteiger partial charge in [-0.25, -0.2) is 9.78 Å². The molecule has 1 N–H and O–H groups in total. The zero-order valence-electron chi connectivity index (χ0n) is 14.6. The van der Waals surface area contributed by atoms with Crippen LogP contribution in [-0.4, -0.2) is 52.3 Å². The number of urea groups is 1. The first-order chi connectivity index (χ1) is 12.2. The van der Waals surface area contributed by atoms with Crippen molar-refractivity contribution in [3.05, 3.63) is 43.0 Å². The van der Waals surface area contributed by atoms with Crippen molar-refractivity contribution in [2.45, 2.75) is 32.5 Å². The first kappa shape index (κ1) is 17.1. The molecule has 7 heteroatoms. The maximum Gasteiger partial charge on any atom is 0.317 e. The Morgan fingerprint density at radius 1 is 1.44 bits per heavy atom. The third-order valence-corrected chi connectivity index (χ3v) is 4.07. The average molecular weight is 344 g/mol. The zero-order valence-corrected chi connectivity index (χ0v) is 14.6. The molecular weight excluding hydrogens is 320 g/mol. The highest BCUT2D eigenvalue weighted by Crippen LogP contribution is 2.30. The molecule has 2 amide bonds. The number of rotatable bonds is 6. The average Bonchev–Trinajstić information content (AvgIpc) is 3.12. The Hall–Kier alpha value is -2.70. The van der Waals surface area contributed by atoms with E-state index >= 15 is 0 Å². The van der Waals surface area contributed by atoms with Crippen molar-refractivity contribution in [1.82, 2.24) is 19.8 Å². The molecule has 2 aromatic rings. The molecule has 0 spiro atoms. The van der Waals surface area contributed by atoms with Gasteiger partial charge in [0.05, 0.1) is 12.9 Å². The molecule has 0 saturated heterocycles. The molecule has 0 aliphatic carbocycles. The van der Waals surface area contributed by atoms with E-state index in [0.717, 1.165) is 11.5 Å². The van der Waals surface area contributed by atoms with Crippen molar-refractivity contribution in [1.29, 1.82) is 0 Å². The van der Waals surface area contributed by atoms with E-state index < -0.39 is 0 Å². The van der Waals surface area contributed by atoms with Gasteiger partial charge in [-0.05, 0) is 26.0 Å². The van der Waals surface area contributed by atoms with Crippen LogP contribution in [0.2, 0.25) is 0 Å². The van der Waals surface area contributed by atoms with E-state index in [1.807, 2.05) is 48.9 Å². The molecule has 3 rings (SSSR count). The number of carbonyl (C=O) groups is 1. The molecule has 1 aromatic heterocycles. The number of likely N-dealkylation sites (N-methyl/N-ethyl adjacent to an activating group) is 1. The summed E-state index contributed by atoms with van der Waals surface area (Å²) in [6.07, 6.45) is 5.17. The zero-order chi connectivity index (χ0) is 17.6. The topological polar surface area (TPSA) is 68.6 Å². The summed E-state index contributed by atoms with van der Waals surface area (Å²) in [6, 6.07) is 7.49. The Bertz CT molecular complexity index is 689. The Morgan fingerprint density at radius 2 is 2.24 bits per heavy atom. The quantitative estimate of drug-likeness (QED) is 0.872. The van der Waals surface area contributed by atoms with Gasteiger partial charge in [-0.2, -0.15) is 0 Å². The van der Waals surface area contributed by atoms with Crippen LogP contribution in [0.4, 0.5) is 4.79 Å². The van der Waals surface area contributed by atoms with Crippen molar-refractivity contribution in [3.8, 4) is 11.5 Å². The second-order valence-electron chi connectivity index (χ2n) is 6.15. The highest BCUT2D eigenvalue weighted by molar-refractivity contribution is 5.74. The van der Waals surface area contributed by atoms with E-state index in [1.165, 1.54) is 0 Å². The third-order valence-electron chi connectivity index (χ3n) is 4.07. The molecule has 7 nitrogen and oxygen atoms in total. The Morgan fingerprint density at radius 3 is 2.96 bits per heavy atom. The van der Waals surface area contributed by atoms with Crippen LogP contribution in [0.15, 0.2) is 43.0 Å². The molecule has 1 aliphatic rings. The van der Waals surface area contributed by atoms with E-state index in [0.29, 0.717) is 26.2 Å². The summed E-state index contributed by atoms with van der Waals surface area (Å²) in [5.74, 6) is 1.48. The molecule has 2 heterocycles. The van der Waals surface area contributed by atoms with Crippen molar-refractivity contribution >= 4 is 6.03 Å². The molecule has 1 aliphatic heterocycles. The lowest BCUT2D eigenvalue weighted by molar-refractivity contribution is 0.0671. The number of para-hydroxylation sites is 2. The normalized spacial score (nSPS) is 17.0. The van der Waals surface area contributed by atoms with Crippen molar-refractivity contribution < 1.29 is 14.3 Å². The van der Waals surface area contributed by atoms with Crippen molar-refractivity contribution in [2.24, 2.45) is 0 Å². The van der Waals surface area contributed by atoms with Gasteiger partial charge < -0.3 is 24.3 Å². The van der Waals surface area contributed by atoms with Gasteiger partial charge in [-0.15, -0.1) is 0 Å². The van der Waals surface area contributed by atoms with Crippen molar-refractivity contribution in [2.75, 3.05) is 19.7 Å². The largest absolute Gasteiger partial charge is 0.486 e. The highest BCUT2D eigenvalue weighted by Gasteiger charge is 2.25. The van der Waals surface area contributed by atoms with Crippen LogP contribution < -0.4 is 14.8 Å². The van der Waals surface area contributed by atoms with E-state index in [2.05, 4.69) is 10.3 Å². The molecule has 1 aromatic carbocycles. The van der Waals surface area contributed by atoms with E-state index in [9.17, 15) is 4.79 Å². The van der Waals surface area contributed by atoms with E-state index in [4.69, 9.17) is 9.47 Å². The summed E-state index contributed by atoms with van der Waals surface area (Å²) in [6.45, 7) is 6.13. The van der Waals surface area contributed by atoms with Gasteiger partial charge in [-0.3, -0.25) is 0 Å². The van der Waals surface area contributed by atoms with Crippen LogP contribution in [0.5, 0.6) is 11.5 Å². The number of hydrogen-bond donors (Lipinski definition) is 1. The van der Waals surface area contributed by atoms with Gasteiger partial charge in [-0.1, -0.05) is 12.1 Å². The molecule has 0 radical (unpaired) electrons. The van der Waals surface area contributed by atoms with Gasteiger partial charge in [0.25, 0.3) is 0 Å². The maximum absolute atomic E-state index is 12.5. The number of carbonyl (C=O) groups excluding carboxylic acids is 1. The lowest BCUT2D eigenvalue weighted by Gasteiger charge is -2.31. The number of amides is 2. The summed E-state index contributed by atoms with van der Waals surface area (Å²) in [5, 5.41) is 3.02. The fourth-order valence-electron chi connectivity index (χ4n) is 2.81. The monoisotopic (exact) mass is 344 g/mol. The number of benzene rings is 1. The predicted octanol–water partition coefficient (Wildman–Crippen LogP) is 2.14. The minimum absolute atomic E-state index is 0.000000169. The van der Waals surface area contributed by atoms with E-state index in [-0.39, 0.29) is 18.2 Å². The van der Waals surface area contributed by atoms with Crippen LogP contribution in [0, 0.1) is 0 Å². The summed E-state index contributed by atoms with van der Waals surface area (Å²) < 4.78 is 13.6. The minimum Gasteiger partial charge on any atom is -0.486 e. The molecule has 0 unspecified atom stereocenters. The van der Waals surface area contributed by atoms with Crippen LogP contribution in [0.3, 0.4) is 0 Å². The smallest absolute Gasteiger partial charge is 0.317 e. The van der Waals surface area contributed by atoms with Crippen LogP contribution in [0.25, 0.3) is 0 Å². The van der Waals surface area contributed by atoms with Gasteiger partial charge in [0.1, 0.15) is 6.61 Å². The summed E-state index contributed by atoms with van der Waals surface area (Å²) >= 11 is 0. The van der Waals surface area contributed by atoms with Gasteiger partial charge in [0, 0.05) is 31.5 Å². The number of aromatic nitrogens is 2. The fourth-order valence-corrected chi connectivity index (χ4v) is 2.81. The summed E-state index contributed by atoms with van der Waals surface area (Å²) in [7, 11) is 0. The summed E-state index contributed by atoms with van der Waals surface area (Å²) in [5.41, 5.74) is 0. The molecule has 25 heavy (non-hydrogen) atoms. The number of fused-ring (bicyclic) bond motifs is 1. The first-order valence-corrected chi connectivity index (χ1v) is 8.55. The molecule has 2 atom stereocenters. The van der Waals surface area contributed by atoms with Crippen LogP contribution in [-0.2, 0) is 6.54 Å².